The van der Waals surface area contributed by atoms with Gasteiger partial charge in [-0.15, -0.1) is 22.7 Å². The highest BCUT2D eigenvalue weighted by atomic mass is 32.1. The maximum absolute atomic E-state index is 6.21. The third-order valence-corrected chi connectivity index (χ3v) is 6.15. The lowest BCUT2D eigenvalue weighted by Crippen LogP contribution is -1.99. The van der Waals surface area contributed by atoms with E-state index in [4.69, 9.17) is 10.7 Å². The number of nitrogens with two attached hydrogens (primary N) is 1. The van der Waals surface area contributed by atoms with E-state index >= 15 is 0 Å². The first-order valence-corrected chi connectivity index (χ1v) is 9.75. The van der Waals surface area contributed by atoms with E-state index in [1.54, 1.807) is 11.3 Å². The fourth-order valence-corrected chi connectivity index (χ4v) is 4.79. The molecule has 0 aliphatic carbocycles. The molecule has 7 heteroatoms. The Labute approximate surface area is 153 Å². The third kappa shape index (κ3) is 3.01. The van der Waals surface area contributed by atoms with Gasteiger partial charge in [-0.2, -0.15) is 0 Å². The van der Waals surface area contributed by atoms with Crippen LogP contribution in [-0.2, 0) is 0 Å². The first-order valence-electron chi connectivity index (χ1n) is 8.06. The fourth-order valence-electron chi connectivity index (χ4n) is 2.82. The van der Waals surface area contributed by atoms with E-state index in [0.29, 0.717) is 11.6 Å². The van der Waals surface area contributed by atoms with Crippen LogP contribution >= 0.6 is 22.7 Å². The highest BCUT2D eigenvalue weighted by Gasteiger charge is 2.19. The number of pyridine rings is 1. The lowest BCUT2D eigenvalue weighted by molar-refractivity contribution is 0.763. The highest BCUT2D eigenvalue weighted by molar-refractivity contribution is 7.18. The van der Waals surface area contributed by atoms with Gasteiger partial charge in [0.25, 0.3) is 0 Å². The van der Waals surface area contributed by atoms with Crippen molar-refractivity contribution in [3.8, 4) is 10.8 Å². The Hall–Kier alpha value is -2.38. The second-order valence-corrected chi connectivity index (χ2v) is 7.73. The molecule has 0 aliphatic rings. The quantitative estimate of drug-likeness (QED) is 0.568. The lowest BCUT2D eigenvalue weighted by Gasteiger charge is -2.11. The minimum atomic E-state index is 0.241. The molecule has 1 unspecified atom stereocenters. The van der Waals surface area contributed by atoms with Crippen LogP contribution in [0.25, 0.3) is 21.0 Å². The average molecular weight is 368 g/mol. The summed E-state index contributed by atoms with van der Waals surface area (Å²) in [6.45, 7) is 4.13. The predicted octanol–water partition coefficient (Wildman–Crippen LogP) is 4.64. The fraction of sp³-hybridized carbons (Fsp3) is 0.222. The Morgan fingerprint density at radius 3 is 2.76 bits per heavy atom. The maximum atomic E-state index is 6.21. The minimum Gasteiger partial charge on any atom is -0.383 e. The highest BCUT2D eigenvalue weighted by Crippen LogP contribution is 2.37. The molecule has 0 radical (unpaired) electrons. The van der Waals surface area contributed by atoms with Crippen molar-refractivity contribution in [3.05, 3.63) is 52.1 Å². The minimum absolute atomic E-state index is 0.241. The van der Waals surface area contributed by atoms with E-state index < -0.39 is 0 Å². The van der Waals surface area contributed by atoms with Crippen LogP contribution in [0.5, 0.6) is 0 Å². The van der Waals surface area contributed by atoms with Crippen LogP contribution in [0.1, 0.15) is 35.5 Å². The molecule has 126 valence electrons. The van der Waals surface area contributed by atoms with Crippen molar-refractivity contribution in [1.82, 2.24) is 19.9 Å². The summed E-state index contributed by atoms with van der Waals surface area (Å²) in [7, 11) is 0. The van der Waals surface area contributed by atoms with Crippen molar-refractivity contribution in [2.24, 2.45) is 0 Å². The number of nitrogens with zero attached hydrogens (tertiary/aromatic N) is 4. The zero-order valence-corrected chi connectivity index (χ0v) is 15.6. The number of thiazole rings is 1. The molecule has 0 saturated heterocycles. The molecule has 0 amide bonds. The molecule has 25 heavy (non-hydrogen) atoms. The largest absolute Gasteiger partial charge is 0.383 e. The van der Waals surface area contributed by atoms with Gasteiger partial charge in [-0.05, 0) is 31.5 Å². The monoisotopic (exact) mass is 367 g/mol. The molecule has 0 aromatic carbocycles. The molecule has 4 aromatic rings. The molecular weight excluding hydrogens is 350 g/mol. The van der Waals surface area contributed by atoms with Crippen molar-refractivity contribution < 1.29 is 0 Å². The number of rotatable bonds is 4. The summed E-state index contributed by atoms with van der Waals surface area (Å²) in [5.41, 5.74) is 8.25. The number of aromatic nitrogens is 4. The van der Waals surface area contributed by atoms with E-state index in [1.807, 2.05) is 30.6 Å². The van der Waals surface area contributed by atoms with Crippen LogP contribution in [0.3, 0.4) is 0 Å². The molecule has 2 N–H and O–H groups in total. The number of hydrogen-bond donors (Lipinski definition) is 1. The summed E-state index contributed by atoms with van der Waals surface area (Å²) in [4.78, 5) is 20.3. The molecule has 4 rings (SSSR count). The van der Waals surface area contributed by atoms with Crippen LogP contribution in [0, 0.1) is 6.92 Å². The summed E-state index contributed by atoms with van der Waals surface area (Å²) in [6, 6.07) is 8.13. The number of hydrogen-bond acceptors (Lipinski definition) is 7. The molecule has 1 atom stereocenters. The van der Waals surface area contributed by atoms with Gasteiger partial charge in [0.05, 0.1) is 5.39 Å². The summed E-state index contributed by atoms with van der Waals surface area (Å²) in [5, 5.41) is 3.71. The smallest absolute Gasteiger partial charge is 0.192 e. The number of nitrogen functional groups attached to an aromatic ring is 1. The Morgan fingerprint density at radius 2 is 2.08 bits per heavy atom. The zero-order valence-electron chi connectivity index (χ0n) is 13.9. The number of fused-ring (bicyclic) bond motifs is 1. The van der Waals surface area contributed by atoms with Crippen LogP contribution in [-0.4, -0.2) is 19.9 Å². The molecule has 5 nitrogen and oxygen atoms in total. The summed E-state index contributed by atoms with van der Waals surface area (Å²) in [6.07, 6.45) is 2.80. The van der Waals surface area contributed by atoms with E-state index in [-0.39, 0.29) is 5.92 Å². The Bertz CT molecular complexity index is 1020. The summed E-state index contributed by atoms with van der Waals surface area (Å²) >= 11 is 3.20. The van der Waals surface area contributed by atoms with Gasteiger partial charge in [0.1, 0.15) is 10.6 Å². The Balaban J connectivity index is 1.81. The van der Waals surface area contributed by atoms with Gasteiger partial charge in [-0.25, -0.2) is 15.0 Å². The number of thiophene rings is 1. The molecule has 4 aromatic heterocycles. The SMILES string of the molecule is CCC(c1ccccn1)c1cc2c(N)nc(-c3nc(C)cs3)nc2s1. The van der Waals surface area contributed by atoms with Gasteiger partial charge in [0.15, 0.2) is 10.8 Å². The normalized spacial score (nSPS) is 12.6. The van der Waals surface area contributed by atoms with Crippen LogP contribution < -0.4 is 5.73 Å². The summed E-state index contributed by atoms with van der Waals surface area (Å²) < 4.78 is 0. The van der Waals surface area contributed by atoms with Crippen molar-refractivity contribution in [1.29, 1.82) is 0 Å². The molecular formula is C18H17N5S2. The van der Waals surface area contributed by atoms with Crippen LogP contribution in [0.4, 0.5) is 5.82 Å². The lowest BCUT2D eigenvalue weighted by atomic mass is 9.99. The van der Waals surface area contributed by atoms with Gasteiger partial charge >= 0.3 is 0 Å². The predicted molar refractivity (Wildman–Crippen MR) is 104 cm³/mol. The van der Waals surface area contributed by atoms with Gasteiger partial charge in [0, 0.05) is 33.8 Å². The second-order valence-electron chi connectivity index (χ2n) is 5.81. The summed E-state index contributed by atoms with van der Waals surface area (Å²) in [5.74, 6) is 1.35. The molecule has 0 saturated carbocycles. The molecule has 0 aliphatic heterocycles. The zero-order chi connectivity index (χ0) is 17.4. The van der Waals surface area contributed by atoms with Crippen molar-refractivity contribution in [3.63, 3.8) is 0 Å². The maximum Gasteiger partial charge on any atom is 0.192 e. The molecule has 4 heterocycles. The topological polar surface area (TPSA) is 77.6 Å². The first-order chi connectivity index (χ1) is 12.2. The van der Waals surface area contributed by atoms with Gasteiger partial charge in [-0.1, -0.05) is 13.0 Å². The van der Waals surface area contributed by atoms with Crippen molar-refractivity contribution in [2.75, 3.05) is 5.73 Å². The van der Waals surface area contributed by atoms with Crippen LogP contribution in [0.2, 0.25) is 0 Å². The second kappa shape index (κ2) is 6.50. The average Bonchev–Trinajstić information content (AvgIpc) is 3.23. The standard InChI is InChI=1S/C18H17N5S2/c1-3-11(13-6-4-5-7-20-13)14-8-12-15(19)22-16(23-17(12)25-14)18-21-10(2)9-24-18/h4-9,11H,3H2,1-2H3,(H2,19,22,23). The first kappa shape index (κ1) is 16.1. The van der Waals surface area contributed by atoms with Crippen LogP contribution in [0.15, 0.2) is 35.8 Å². The Kier molecular flexibility index (Phi) is 4.19. The van der Waals surface area contributed by atoms with Gasteiger partial charge < -0.3 is 5.73 Å². The molecule has 0 spiro atoms. The van der Waals surface area contributed by atoms with Crippen molar-refractivity contribution in [2.45, 2.75) is 26.2 Å². The molecule has 0 bridgehead atoms. The van der Waals surface area contributed by atoms with Gasteiger partial charge in [0.2, 0.25) is 0 Å². The third-order valence-electron chi connectivity index (χ3n) is 4.05. The number of aryl methyl sites for hydroxylation is 1. The number of anilines is 1. The van der Waals surface area contributed by atoms with E-state index in [9.17, 15) is 0 Å². The van der Waals surface area contributed by atoms with E-state index in [0.717, 1.165) is 33.0 Å². The Morgan fingerprint density at radius 1 is 1.20 bits per heavy atom. The van der Waals surface area contributed by atoms with Gasteiger partial charge in [-0.3, -0.25) is 4.98 Å². The van der Waals surface area contributed by atoms with E-state index in [1.165, 1.54) is 16.2 Å². The molecule has 0 fully saturated rings. The van der Waals surface area contributed by atoms with Crippen molar-refractivity contribution >= 4 is 38.7 Å². The van der Waals surface area contributed by atoms with E-state index in [2.05, 4.69) is 34.0 Å².